The van der Waals surface area contributed by atoms with Crippen LogP contribution in [0.15, 0.2) is 54.9 Å². The Kier molecular flexibility index (Phi) is 5.89. The first kappa shape index (κ1) is 19.4. The molecule has 1 amide bonds. The third-order valence-electron chi connectivity index (χ3n) is 4.53. The maximum absolute atomic E-state index is 12.6. The highest BCUT2D eigenvalue weighted by atomic mass is 16.1. The molecule has 0 bridgehead atoms. The molecule has 0 spiro atoms. The number of para-hydroxylation sites is 1. The number of benzene rings is 2. The summed E-state index contributed by atoms with van der Waals surface area (Å²) in [7, 11) is 3.99. The standard InChI is InChI=1S/C22H25N5O/c1-5-16-8-6-7-15(2)20(16)26-21(28)17-13-23-22(24-14-17)25-18-9-11-19(12-10-18)27(3)4/h6-14H,5H2,1-4H3,(H,26,28)(H,23,24,25). The van der Waals surface area contributed by atoms with Gasteiger partial charge in [0, 0.05) is 43.6 Å². The maximum atomic E-state index is 12.6. The van der Waals surface area contributed by atoms with Crippen LogP contribution in [0.1, 0.15) is 28.4 Å². The number of amides is 1. The topological polar surface area (TPSA) is 70.2 Å². The number of anilines is 4. The molecule has 0 aliphatic carbocycles. The van der Waals surface area contributed by atoms with Gasteiger partial charge in [-0.25, -0.2) is 9.97 Å². The Morgan fingerprint density at radius 3 is 2.32 bits per heavy atom. The third kappa shape index (κ3) is 4.46. The lowest BCUT2D eigenvalue weighted by Crippen LogP contribution is -2.15. The lowest BCUT2D eigenvalue weighted by Gasteiger charge is -2.13. The van der Waals surface area contributed by atoms with Crippen molar-refractivity contribution in [2.24, 2.45) is 0 Å². The Bertz CT molecular complexity index is 950. The van der Waals surface area contributed by atoms with Gasteiger partial charge in [-0.2, -0.15) is 0 Å². The van der Waals surface area contributed by atoms with Crippen molar-refractivity contribution in [2.75, 3.05) is 29.6 Å². The summed E-state index contributed by atoms with van der Waals surface area (Å²) in [4.78, 5) is 23.2. The average molecular weight is 375 g/mol. The van der Waals surface area contributed by atoms with E-state index in [0.29, 0.717) is 11.5 Å². The van der Waals surface area contributed by atoms with E-state index in [1.54, 1.807) is 0 Å². The zero-order valence-electron chi connectivity index (χ0n) is 16.7. The van der Waals surface area contributed by atoms with Crippen molar-refractivity contribution in [1.29, 1.82) is 0 Å². The molecule has 0 aliphatic rings. The predicted molar refractivity (Wildman–Crippen MR) is 115 cm³/mol. The normalized spacial score (nSPS) is 10.4. The quantitative estimate of drug-likeness (QED) is 0.668. The highest BCUT2D eigenvalue weighted by molar-refractivity contribution is 6.04. The molecule has 28 heavy (non-hydrogen) atoms. The fourth-order valence-corrected chi connectivity index (χ4v) is 2.87. The first-order valence-electron chi connectivity index (χ1n) is 9.24. The van der Waals surface area contributed by atoms with Crippen LogP contribution in [0.25, 0.3) is 0 Å². The van der Waals surface area contributed by atoms with Gasteiger partial charge < -0.3 is 15.5 Å². The second-order valence-electron chi connectivity index (χ2n) is 6.78. The zero-order valence-corrected chi connectivity index (χ0v) is 16.7. The SMILES string of the molecule is CCc1cccc(C)c1NC(=O)c1cnc(Nc2ccc(N(C)C)cc2)nc1. The Morgan fingerprint density at radius 1 is 1.04 bits per heavy atom. The van der Waals surface area contributed by atoms with Crippen molar-refractivity contribution in [3.05, 3.63) is 71.5 Å². The number of hydrogen-bond donors (Lipinski definition) is 2. The van der Waals surface area contributed by atoms with Crippen LogP contribution in [0.2, 0.25) is 0 Å². The van der Waals surface area contributed by atoms with E-state index in [4.69, 9.17) is 0 Å². The van der Waals surface area contributed by atoms with Gasteiger partial charge in [0.05, 0.1) is 5.56 Å². The molecule has 3 rings (SSSR count). The molecule has 2 N–H and O–H groups in total. The molecule has 0 unspecified atom stereocenters. The second-order valence-corrected chi connectivity index (χ2v) is 6.78. The first-order valence-corrected chi connectivity index (χ1v) is 9.24. The van der Waals surface area contributed by atoms with Crippen LogP contribution in [0.3, 0.4) is 0 Å². The second kappa shape index (κ2) is 8.52. The molecule has 144 valence electrons. The van der Waals surface area contributed by atoms with Gasteiger partial charge in [0.1, 0.15) is 0 Å². The molecule has 1 aromatic heterocycles. The minimum atomic E-state index is -0.217. The monoisotopic (exact) mass is 375 g/mol. The number of hydrogen-bond acceptors (Lipinski definition) is 5. The number of carbonyl (C=O) groups is 1. The number of nitrogens with zero attached hydrogens (tertiary/aromatic N) is 3. The molecule has 0 atom stereocenters. The Hall–Kier alpha value is -3.41. The van der Waals surface area contributed by atoms with Gasteiger partial charge >= 0.3 is 0 Å². The molecule has 0 saturated heterocycles. The molecule has 0 radical (unpaired) electrons. The van der Waals surface area contributed by atoms with E-state index in [-0.39, 0.29) is 5.91 Å². The number of carbonyl (C=O) groups excluding carboxylic acids is 1. The fourth-order valence-electron chi connectivity index (χ4n) is 2.87. The molecule has 0 fully saturated rings. The zero-order chi connectivity index (χ0) is 20.1. The van der Waals surface area contributed by atoms with Crippen LogP contribution < -0.4 is 15.5 Å². The number of aryl methyl sites for hydroxylation is 2. The number of rotatable bonds is 6. The Morgan fingerprint density at radius 2 is 1.71 bits per heavy atom. The van der Waals surface area contributed by atoms with Crippen molar-refractivity contribution >= 4 is 28.9 Å². The Labute approximate surface area is 165 Å². The molecule has 6 nitrogen and oxygen atoms in total. The lowest BCUT2D eigenvalue weighted by atomic mass is 10.1. The summed E-state index contributed by atoms with van der Waals surface area (Å²) in [5, 5.41) is 6.13. The van der Waals surface area contributed by atoms with Crippen molar-refractivity contribution in [2.45, 2.75) is 20.3 Å². The number of nitrogens with one attached hydrogen (secondary N) is 2. The molecule has 0 aliphatic heterocycles. The van der Waals surface area contributed by atoms with E-state index in [9.17, 15) is 4.79 Å². The predicted octanol–water partition coefficient (Wildman–Crippen LogP) is 4.41. The summed E-state index contributed by atoms with van der Waals surface area (Å²) >= 11 is 0. The summed E-state index contributed by atoms with van der Waals surface area (Å²) in [5.74, 6) is 0.227. The van der Waals surface area contributed by atoms with E-state index in [1.165, 1.54) is 12.4 Å². The Balaban J connectivity index is 1.69. The largest absolute Gasteiger partial charge is 0.378 e. The summed E-state index contributed by atoms with van der Waals surface area (Å²) in [6, 6.07) is 14.0. The molecule has 6 heteroatoms. The van der Waals surface area contributed by atoms with Gasteiger partial charge in [-0.1, -0.05) is 25.1 Å². The molecule has 3 aromatic rings. The summed E-state index contributed by atoms with van der Waals surface area (Å²) < 4.78 is 0. The minimum absolute atomic E-state index is 0.217. The van der Waals surface area contributed by atoms with Crippen LogP contribution in [-0.4, -0.2) is 30.0 Å². The van der Waals surface area contributed by atoms with Crippen LogP contribution in [0, 0.1) is 6.92 Å². The first-order chi connectivity index (χ1) is 13.5. The van der Waals surface area contributed by atoms with Crippen LogP contribution in [0.5, 0.6) is 0 Å². The minimum Gasteiger partial charge on any atom is -0.378 e. The summed E-state index contributed by atoms with van der Waals surface area (Å²) in [6.07, 6.45) is 3.91. The molecule has 2 aromatic carbocycles. The van der Waals surface area contributed by atoms with Crippen molar-refractivity contribution in [3.8, 4) is 0 Å². The highest BCUT2D eigenvalue weighted by Gasteiger charge is 2.12. The molecular formula is C22H25N5O. The lowest BCUT2D eigenvalue weighted by molar-refractivity contribution is 0.102. The average Bonchev–Trinajstić information content (AvgIpc) is 2.70. The van der Waals surface area contributed by atoms with Crippen molar-refractivity contribution in [1.82, 2.24) is 9.97 Å². The number of aromatic nitrogens is 2. The van der Waals surface area contributed by atoms with Gasteiger partial charge in [-0.3, -0.25) is 4.79 Å². The third-order valence-corrected chi connectivity index (χ3v) is 4.53. The molecule has 0 saturated carbocycles. The van der Waals surface area contributed by atoms with Crippen LogP contribution in [0.4, 0.5) is 23.0 Å². The van der Waals surface area contributed by atoms with E-state index < -0.39 is 0 Å². The van der Waals surface area contributed by atoms with Crippen molar-refractivity contribution < 1.29 is 4.79 Å². The van der Waals surface area contributed by atoms with E-state index in [0.717, 1.165) is 34.6 Å². The van der Waals surface area contributed by atoms with Crippen LogP contribution in [-0.2, 0) is 6.42 Å². The summed E-state index contributed by atoms with van der Waals surface area (Å²) in [5.41, 5.74) is 5.41. The van der Waals surface area contributed by atoms with E-state index in [1.807, 2.05) is 68.4 Å². The van der Waals surface area contributed by atoms with Crippen molar-refractivity contribution in [3.63, 3.8) is 0 Å². The van der Waals surface area contributed by atoms with E-state index in [2.05, 4.69) is 27.5 Å². The van der Waals surface area contributed by atoms with Gasteiger partial charge in [-0.05, 0) is 48.7 Å². The van der Waals surface area contributed by atoms with Gasteiger partial charge in [0.2, 0.25) is 5.95 Å². The summed E-state index contributed by atoms with van der Waals surface area (Å²) in [6.45, 7) is 4.05. The van der Waals surface area contributed by atoms with Crippen LogP contribution >= 0.6 is 0 Å². The maximum Gasteiger partial charge on any atom is 0.258 e. The smallest absolute Gasteiger partial charge is 0.258 e. The highest BCUT2D eigenvalue weighted by Crippen LogP contribution is 2.22. The molecular weight excluding hydrogens is 350 g/mol. The van der Waals surface area contributed by atoms with E-state index >= 15 is 0 Å². The van der Waals surface area contributed by atoms with Gasteiger partial charge in [0.25, 0.3) is 5.91 Å². The van der Waals surface area contributed by atoms with Gasteiger partial charge in [-0.15, -0.1) is 0 Å². The fraction of sp³-hybridized carbons (Fsp3) is 0.227. The molecule has 1 heterocycles. The van der Waals surface area contributed by atoms with Gasteiger partial charge in [0.15, 0.2) is 0 Å².